The van der Waals surface area contributed by atoms with Crippen LogP contribution in [0.5, 0.6) is 5.75 Å². The summed E-state index contributed by atoms with van der Waals surface area (Å²) in [5.41, 5.74) is 1.48. The van der Waals surface area contributed by atoms with E-state index in [2.05, 4.69) is 25.9 Å². The van der Waals surface area contributed by atoms with E-state index in [1.165, 1.54) is 6.20 Å². The van der Waals surface area contributed by atoms with Crippen molar-refractivity contribution in [3.05, 3.63) is 34.7 Å². The number of carboxylic acids is 1. The van der Waals surface area contributed by atoms with Crippen LogP contribution < -0.4 is 4.74 Å². The molecule has 1 aromatic heterocycles. The largest absolute Gasteiger partial charge is 0.496 e. The van der Waals surface area contributed by atoms with Crippen LogP contribution in [0.3, 0.4) is 0 Å². The Hall–Kier alpha value is -1.82. The lowest BCUT2D eigenvalue weighted by Gasteiger charge is -2.04. The Balaban J connectivity index is 2.39. The molecule has 6 heteroatoms. The average molecular weight is 297 g/mol. The molecule has 1 heterocycles. The summed E-state index contributed by atoms with van der Waals surface area (Å²) < 4.78 is 5.91. The van der Waals surface area contributed by atoms with E-state index in [0.717, 1.165) is 10.0 Å². The van der Waals surface area contributed by atoms with Gasteiger partial charge in [0.15, 0.2) is 0 Å². The fourth-order valence-electron chi connectivity index (χ4n) is 1.41. The molecule has 2 rings (SSSR count). The number of aromatic carboxylic acids is 1. The highest BCUT2D eigenvalue weighted by Crippen LogP contribution is 2.29. The van der Waals surface area contributed by atoms with Crippen molar-refractivity contribution in [2.24, 2.45) is 0 Å². The maximum Gasteiger partial charge on any atom is 0.371 e. The number of hydrogen-bond donors (Lipinski definition) is 2. The van der Waals surface area contributed by atoms with Gasteiger partial charge >= 0.3 is 5.97 Å². The van der Waals surface area contributed by atoms with Gasteiger partial charge in [0.25, 0.3) is 0 Å². The lowest BCUT2D eigenvalue weighted by Crippen LogP contribution is -1.98. The molecule has 2 N–H and O–H groups in total. The Morgan fingerprint density at radius 3 is 2.82 bits per heavy atom. The van der Waals surface area contributed by atoms with Gasteiger partial charge in [-0.1, -0.05) is 0 Å². The molecule has 0 atom stereocenters. The van der Waals surface area contributed by atoms with Gasteiger partial charge in [0, 0.05) is 5.56 Å². The van der Waals surface area contributed by atoms with Crippen molar-refractivity contribution >= 4 is 21.9 Å². The Labute approximate surface area is 106 Å². The van der Waals surface area contributed by atoms with Gasteiger partial charge < -0.3 is 14.8 Å². The number of rotatable bonds is 3. The molecule has 0 fully saturated rings. The molecule has 0 spiro atoms. The monoisotopic (exact) mass is 296 g/mol. The predicted molar refractivity (Wildman–Crippen MR) is 65.2 cm³/mol. The van der Waals surface area contributed by atoms with Gasteiger partial charge in [-0.25, -0.2) is 9.78 Å². The summed E-state index contributed by atoms with van der Waals surface area (Å²) in [5.74, 6) is -0.442. The predicted octanol–water partition coefficient (Wildman–Crippen LogP) is 2.55. The lowest BCUT2D eigenvalue weighted by molar-refractivity contribution is 0.0685. The van der Waals surface area contributed by atoms with E-state index in [0.29, 0.717) is 11.4 Å². The first-order valence-corrected chi connectivity index (χ1v) is 5.53. The van der Waals surface area contributed by atoms with Crippen LogP contribution in [-0.2, 0) is 0 Å². The summed E-state index contributed by atoms with van der Waals surface area (Å²) in [6, 6.07) is 5.45. The second-order valence-corrected chi connectivity index (χ2v) is 4.15. The highest BCUT2D eigenvalue weighted by atomic mass is 79.9. The second kappa shape index (κ2) is 4.58. The average Bonchev–Trinajstić information content (AvgIpc) is 2.78. The zero-order chi connectivity index (χ0) is 12.4. The van der Waals surface area contributed by atoms with Crippen LogP contribution in [0.15, 0.2) is 28.9 Å². The van der Waals surface area contributed by atoms with Gasteiger partial charge in [-0.3, -0.25) is 0 Å². The number of halogens is 1. The van der Waals surface area contributed by atoms with Crippen molar-refractivity contribution in [2.45, 2.75) is 0 Å². The Bertz CT molecular complexity index is 566. The molecule has 0 aliphatic heterocycles. The van der Waals surface area contributed by atoms with E-state index >= 15 is 0 Å². The number of imidazole rings is 1. The van der Waals surface area contributed by atoms with Gasteiger partial charge in [-0.15, -0.1) is 0 Å². The van der Waals surface area contributed by atoms with Gasteiger partial charge in [0.2, 0.25) is 5.82 Å². The number of nitrogens with zero attached hydrogens (tertiary/aromatic N) is 1. The first-order chi connectivity index (χ1) is 8.11. The third-order valence-corrected chi connectivity index (χ3v) is 2.86. The van der Waals surface area contributed by atoms with Crippen molar-refractivity contribution in [3.63, 3.8) is 0 Å². The van der Waals surface area contributed by atoms with Crippen LogP contribution in [0.4, 0.5) is 0 Å². The van der Waals surface area contributed by atoms with Crippen molar-refractivity contribution < 1.29 is 14.6 Å². The Kier molecular flexibility index (Phi) is 3.14. The summed E-state index contributed by atoms with van der Waals surface area (Å²) in [4.78, 5) is 17.2. The van der Waals surface area contributed by atoms with Gasteiger partial charge in [0.1, 0.15) is 5.75 Å². The van der Waals surface area contributed by atoms with E-state index in [1.54, 1.807) is 13.2 Å². The molecule has 1 aromatic carbocycles. The second-order valence-electron chi connectivity index (χ2n) is 3.30. The Morgan fingerprint density at radius 1 is 1.53 bits per heavy atom. The fraction of sp³-hybridized carbons (Fsp3) is 0.0909. The van der Waals surface area contributed by atoms with E-state index < -0.39 is 5.97 Å². The lowest BCUT2D eigenvalue weighted by atomic mass is 10.2. The molecule has 0 radical (unpaired) electrons. The molecular formula is C11H9BrN2O3. The molecule has 2 aromatic rings. The molecule has 5 nitrogen and oxygen atoms in total. The third kappa shape index (κ3) is 2.31. The highest BCUT2D eigenvalue weighted by molar-refractivity contribution is 9.10. The summed E-state index contributed by atoms with van der Waals surface area (Å²) in [6.45, 7) is 0. The zero-order valence-electron chi connectivity index (χ0n) is 8.90. The van der Waals surface area contributed by atoms with Crippen molar-refractivity contribution in [1.82, 2.24) is 9.97 Å². The maximum absolute atomic E-state index is 10.7. The third-order valence-electron chi connectivity index (χ3n) is 2.24. The van der Waals surface area contributed by atoms with Crippen LogP contribution in [0, 0.1) is 0 Å². The van der Waals surface area contributed by atoms with Crippen molar-refractivity contribution in [2.75, 3.05) is 7.11 Å². The van der Waals surface area contributed by atoms with E-state index in [1.807, 2.05) is 12.1 Å². The first kappa shape index (κ1) is 11.7. The number of aromatic nitrogens is 2. The summed E-state index contributed by atoms with van der Waals surface area (Å²) in [7, 11) is 1.58. The van der Waals surface area contributed by atoms with Crippen LogP contribution in [0.1, 0.15) is 10.6 Å². The zero-order valence-corrected chi connectivity index (χ0v) is 10.5. The smallest absolute Gasteiger partial charge is 0.371 e. The maximum atomic E-state index is 10.7. The van der Waals surface area contributed by atoms with Gasteiger partial charge in [0.05, 0.1) is 23.5 Å². The molecule has 0 saturated heterocycles. The summed E-state index contributed by atoms with van der Waals surface area (Å²) in [6.07, 6.45) is 1.48. The van der Waals surface area contributed by atoms with Gasteiger partial charge in [-0.05, 0) is 34.1 Å². The molecule has 0 bridgehead atoms. The van der Waals surface area contributed by atoms with E-state index in [4.69, 9.17) is 9.84 Å². The SMILES string of the molecule is COc1ccc(-c2cnc(C(=O)O)[nH]2)cc1Br. The number of H-pyrrole nitrogens is 1. The van der Waals surface area contributed by atoms with Crippen molar-refractivity contribution in [1.29, 1.82) is 0 Å². The van der Waals surface area contributed by atoms with Gasteiger partial charge in [-0.2, -0.15) is 0 Å². The summed E-state index contributed by atoms with van der Waals surface area (Å²) in [5, 5.41) is 8.76. The minimum atomic E-state index is -1.08. The number of aromatic amines is 1. The summed E-state index contributed by atoms with van der Waals surface area (Å²) >= 11 is 3.36. The molecule has 0 amide bonds. The van der Waals surface area contributed by atoms with E-state index in [9.17, 15) is 4.79 Å². The van der Waals surface area contributed by atoms with E-state index in [-0.39, 0.29) is 5.82 Å². The number of hydrogen-bond acceptors (Lipinski definition) is 3. The standard InChI is InChI=1S/C11H9BrN2O3/c1-17-9-3-2-6(4-7(9)12)8-5-13-10(14-8)11(15)16/h2-5H,1H3,(H,13,14)(H,15,16). The molecule has 88 valence electrons. The molecular weight excluding hydrogens is 288 g/mol. The number of carboxylic acid groups (broad SMARTS) is 1. The highest BCUT2D eigenvalue weighted by Gasteiger charge is 2.10. The quantitative estimate of drug-likeness (QED) is 0.913. The minimum Gasteiger partial charge on any atom is -0.496 e. The number of benzene rings is 1. The normalized spacial score (nSPS) is 10.2. The number of carbonyl (C=O) groups is 1. The van der Waals surface area contributed by atoms with Crippen molar-refractivity contribution in [3.8, 4) is 17.0 Å². The first-order valence-electron chi connectivity index (χ1n) is 4.74. The fourth-order valence-corrected chi connectivity index (χ4v) is 1.95. The Morgan fingerprint density at radius 2 is 2.29 bits per heavy atom. The molecule has 17 heavy (non-hydrogen) atoms. The molecule has 0 aliphatic carbocycles. The molecule has 0 saturated carbocycles. The number of ether oxygens (including phenoxy) is 1. The number of methoxy groups -OCH3 is 1. The molecule has 0 unspecified atom stereocenters. The topological polar surface area (TPSA) is 75.2 Å². The van der Waals surface area contributed by atoms with Crippen LogP contribution >= 0.6 is 15.9 Å². The minimum absolute atomic E-state index is 0.0769. The molecule has 0 aliphatic rings. The van der Waals surface area contributed by atoms with Crippen LogP contribution in [0.2, 0.25) is 0 Å². The van der Waals surface area contributed by atoms with Crippen LogP contribution in [-0.4, -0.2) is 28.2 Å². The van der Waals surface area contributed by atoms with Crippen LogP contribution in [0.25, 0.3) is 11.3 Å². The number of nitrogens with one attached hydrogen (secondary N) is 1.